The standard InChI is InChI=1S/C11H18N4OS/c1-3-15-11(2,10(12)16)4-7-17-9-8-13-5-6-14-9/h5-6,8,15H,3-4,7H2,1-2H3,(H2,12,16). The smallest absolute Gasteiger partial charge is 0.237 e. The minimum atomic E-state index is -0.649. The third-order valence-electron chi connectivity index (χ3n) is 2.50. The van der Waals surface area contributed by atoms with Crippen molar-refractivity contribution in [3.05, 3.63) is 18.6 Å². The lowest BCUT2D eigenvalue weighted by Gasteiger charge is -2.26. The summed E-state index contributed by atoms with van der Waals surface area (Å²) in [5, 5.41) is 3.98. The summed E-state index contributed by atoms with van der Waals surface area (Å²) >= 11 is 1.57. The fourth-order valence-corrected chi connectivity index (χ4v) is 2.40. The van der Waals surface area contributed by atoms with Gasteiger partial charge >= 0.3 is 0 Å². The Kier molecular flexibility index (Phi) is 5.37. The quantitative estimate of drug-likeness (QED) is 0.704. The summed E-state index contributed by atoms with van der Waals surface area (Å²) in [5.74, 6) is 0.449. The van der Waals surface area contributed by atoms with E-state index in [9.17, 15) is 4.79 Å². The maximum absolute atomic E-state index is 11.4. The van der Waals surface area contributed by atoms with Gasteiger partial charge in [-0.15, -0.1) is 11.8 Å². The molecule has 0 aliphatic rings. The number of thioether (sulfide) groups is 1. The van der Waals surface area contributed by atoms with Crippen molar-refractivity contribution in [2.45, 2.75) is 30.8 Å². The number of carbonyl (C=O) groups is 1. The molecule has 1 aromatic rings. The van der Waals surface area contributed by atoms with E-state index in [0.717, 1.165) is 17.3 Å². The molecule has 0 aromatic carbocycles. The van der Waals surface area contributed by atoms with Crippen molar-refractivity contribution in [3.8, 4) is 0 Å². The van der Waals surface area contributed by atoms with Gasteiger partial charge in [-0.25, -0.2) is 4.98 Å². The molecular formula is C11H18N4OS. The summed E-state index contributed by atoms with van der Waals surface area (Å²) in [6.45, 7) is 4.50. The van der Waals surface area contributed by atoms with Crippen LogP contribution in [-0.4, -0.2) is 33.7 Å². The Bertz CT molecular complexity index is 360. The molecule has 1 aromatic heterocycles. The molecule has 3 N–H and O–H groups in total. The van der Waals surface area contributed by atoms with E-state index in [1.165, 1.54) is 0 Å². The highest BCUT2D eigenvalue weighted by Crippen LogP contribution is 2.19. The highest BCUT2D eigenvalue weighted by Gasteiger charge is 2.29. The predicted octanol–water partition coefficient (Wildman–Crippen LogP) is 0.812. The molecule has 94 valence electrons. The van der Waals surface area contributed by atoms with Gasteiger partial charge in [0.05, 0.1) is 11.7 Å². The van der Waals surface area contributed by atoms with E-state index >= 15 is 0 Å². The lowest BCUT2D eigenvalue weighted by molar-refractivity contribution is -0.123. The van der Waals surface area contributed by atoms with Crippen LogP contribution in [0, 0.1) is 0 Å². The Balaban J connectivity index is 2.45. The topological polar surface area (TPSA) is 80.9 Å². The van der Waals surface area contributed by atoms with Crippen LogP contribution in [0.2, 0.25) is 0 Å². The minimum absolute atomic E-state index is 0.320. The molecule has 0 saturated carbocycles. The lowest BCUT2D eigenvalue weighted by Crippen LogP contribution is -2.53. The number of nitrogens with zero attached hydrogens (tertiary/aromatic N) is 2. The van der Waals surface area contributed by atoms with Gasteiger partial charge < -0.3 is 11.1 Å². The lowest BCUT2D eigenvalue weighted by atomic mass is 9.98. The van der Waals surface area contributed by atoms with E-state index in [4.69, 9.17) is 5.73 Å². The van der Waals surface area contributed by atoms with Crippen LogP contribution in [0.1, 0.15) is 20.3 Å². The molecule has 0 bridgehead atoms. The molecule has 0 saturated heterocycles. The zero-order chi connectivity index (χ0) is 12.7. The van der Waals surface area contributed by atoms with Gasteiger partial charge in [0.1, 0.15) is 5.03 Å². The van der Waals surface area contributed by atoms with Gasteiger partial charge in [0.25, 0.3) is 0 Å². The second-order valence-electron chi connectivity index (χ2n) is 3.87. The first-order chi connectivity index (χ1) is 8.08. The highest BCUT2D eigenvalue weighted by molar-refractivity contribution is 7.99. The van der Waals surface area contributed by atoms with Crippen molar-refractivity contribution < 1.29 is 4.79 Å². The van der Waals surface area contributed by atoms with Gasteiger partial charge in [0.2, 0.25) is 5.91 Å². The van der Waals surface area contributed by atoms with E-state index in [0.29, 0.717) is 6.42 Å². The fourth-order valence-electron chi connectivity index (χ4n) is 1.41. The molecule has 1 atom stereocenters. The molecule has 0 spiro atoms. The Labute approximate surface area is 106 Å². The first kappa shape index (κ1) is 13.9. The van der Waals surface area contributed by atoms with Crippen LogP contribution in [0.3, 0.4) is 0 Å². The molecule has 0 aliphatic carbocycles. The monoisotopic (exact) mass is 254 g/mol. The normalized spacial score (nSPS) is 14.2. The van der Waals surface area contributed by atoms with Crippen molar-refractivity contribution in [1.82, 2.24) is 15.3 Å². The van der Waals surface area contributed by atoms with Gasteiger partial charge in [-0.1, -0.05) is 6.92 Å². The number of hydrogen-bond acceptors (Lipinski definition) is 5. The van der Waals surface area contributed by atoms with Crippen molar-refractivity contribution in [2.24, 2.45) is 5.73 Å². The number of rotatable bonds is 7. The van der Waals surface area contributed by atoms with Crippen LogP contribution >= 0.6 is 11.8 Å². The van der Waals surface area contributed by atoms with Crippen molar-refractivity contribution in [1.29, 1.82) is 0 Å². The van der Waals surface area contributed by atoms with Gasteiger partial charge in [-0.05, 0) is 19.9 Å². The van der Waals surface area contributed by atoms with Crippen LogP contribution in [0.25, 0.3) is 0 Å². The van der Waals surface area contributed by atoms with Crippen LogP contribution in [0.15, 0.2) is 23.6 Å². The number of likely N-dealkylation sites (N-methyl/N-ethyl adjacent to an activating group) is 1. The number of primary amides is 1. The predicted molar refractivity (Wildman–Crippen MR) is 68.6 cm³/mol. The number of nitrogens with one attached hydrogen (secondary N) is 1. The summed E-state index contributed by atoms with van der Waals surface area (Å²) in [4.78, 5) is 19.5. The Morgan fingerprint density at radius 3 is 2.88 bits per heavy atom. The summed E-state index contributed by atoms with van der Waals surface area (Å²) in [5.41, 5.74) is 4.75. The molecular weight excluding hydrogens is 236 g/mol. The Morgan fingerprint density at radius 2 is 2.35 bits per heavy atom. The molecule has 1 unspecified atom stereocenters. The molecule has 1 amide bonds. The molecule has 5 nitrogen and oxygen atoms in total. The molecule has 0 fully saturated rings. The summed E-state index contributed by atoms with van der Waals surface area (Å²) in [6, 6.07) is 0. The molecule has 17 heavy (non-hydrogen) atoms. The van der Waals surface area contributed by atoms with Crippen LogP contribution in [0.4, 0.5) is 0 Å². The van der Waals surface area contributed by atoms with E-state index in [-0.39, 0.29) is 5.91 Å². The third-order valence-corrected chi connectivity index (χ3v) is 3.42. The van der Waals surface area contributed by atoms with E-state index in [1.54, 1.807) is 30.4 Å². The Hall–Kier alpha value is -1.14. The van der Waals surface area contributed by atoms with Crippen molar-refractivity contribution in [2.75, 3.05) is 12.3 Å². The molecule has 0 radical (unpaired) electrons. The fraction of sp³-hybridized carbons (Fsp3) is 0.545. The van der Waals surface area contributed by atoms with Gasteiger partial charge in [-0.3, -0.25) is 9.78 Å². The molecule has 0 aliphatic heterocycles. The first-order valence-corrected chi connectivity index (χ1v) is 6.51. The largest absolute Gasteiger partial charge is 0.368 e. The summed E-state index contributed by atoms with van der Waals surface area (Å²) < 4.78 is 0. The van der Waals surface area contributed by atoms with Gasteiger partial charge in [-0.2, -0.15) is 0 Å². The molecule has 6 heteroatoms. The third kappa shape index (κ3) is 4.32. The van der Waals surface area contributed by atoms with E-state index in [1.807, 2.05) is 13.8 Å². The SMILES string of the molecule is CCNC(C)(CCSc1cnccn1)C(N)=O. The maximum Gasteiger partial charge on any atom is 0.237 e. The average molecular weight is 254 g/mol. The second kappa shape index (κ2) is 6.56. The Morgan fingerprint density at radius 1 is 1.59 bits per heavy atom. The summed E-state index contributed by atoms with van der Waals surface area (Å²) in [6.07, 6.45) is 5.66. The molecule has 1 heterocycles. The van der Waals surface area contributed by atoms with Crippen LogP contribution < -0.4 is 11.1 Å². The zero-order valence-electron chi connectivity index (χ0n) is 10.1. The number of hydrogen-bond donors (Lipinski definition) is 2. The van der Waals surface area contributed by atoms with E-state index in [2.05, 4.69) is 15.3 Å². The van der Waals surface area contributed by atoms with Gasteiger partial charge in [0.15, 0.2) is 0 Å². The maximum atomic E-state index is 11.4. The average Bonchev–Trinajstić information content (AvgIpc) is 2.30. The van der Waals surface area contributed by atoms with E-state index < -0.39 is 5.54 Å². The number of amides is 1. The van der Waals surface area contributed by atoms with Crippen LogP contribution in [-0.2, 0) is 4.79 Å². The number of aromatic nitrogens is 2. The van der Waals surface area contributed by atoms with Gasteiger partial charge in [0, 0.05) is 18.1 Å². The van der Waals surface area contributed by atoms with Crippen molar-refractivity contribution in [3.63, 3.8) is 0 Å². The van der Waals surface area contributed by atoms with Crippen LogP contribution in [0.5, 0.6) is 0 Å². The number of carbonyl (C=O) groups excluding carboxylic acids is 1. The zero-order valence-corrected chi connectivity index (χ0v) is 11.0. The first-order valence-electron chi connectivity index (χ1n) is 5.52. The highest BCUT2D eigenvalue weighted by atomic mass is 32.2. The van der Waals surface area contributed by atoms with Crippen molar-refractivity contribution >= 4 is 17.7 Å². The minimum Gasteiger partial charge on any atom is -0.368 e. The number of nitrogens with two attached hydrogens (primary N) is 1. The molecule has 1 rings (SSSR count). The second-order valence-corrected chi connectivity index (χ2v) is 4.98. The summed E-state index contributed by atoms with van der Waals surface area (Å²) in [7, 11) is 0.